The van der Waals surface area contributed by atoms with Crippen molar-refractivity contribution in [1.82, 2.24) is 0 Å². The average Bonchev–Trinajstić information content (AvgIpc) is 1.67. The molecule has 0 atom stereocenters. The van der Waals surface area contributed by atoms with Gasteiger partial charge in [0.15, 0.2) is 11.5 Å². The molecular weight excluding hydrogens is 1640 g/mol. The Balaban J connectivity index is 0.000000254. The van der Waals surface area contributed by atoms with Crippen LogP contribution < -0.4 is 0 Å². The number of aliphatic carboxylic acids is 5. The molecule has 13 heteroatoms. The summed E-state index contributed by atoms with van der Waals surface area (Å²) in [5, 5.41) is 76.7. The molecule has 742 valence electrons. The summed E-state index contributed by atoms with van der Waals surface area (Å²) < 4.78 is 0. The minimum absolute atomic E-state index is 0.0209. The molecule has 0 bridgehead atoms. The summed E-state index contributed by atoms with van der Waals surface area (Å²) in [4.78, 5) is 56.2. The molecule has 5 aromatic carbocycles. The lowest BCUT2D eigenvalue weighted by Gasteiger charge is -2.19. The maximum atomic E-state index is 11.3. The summed E-state index contributed by atoms with van der Waals surface area (Å²) in [6.07, 6.45) is 57.9. The fourth-order valence-electron chi connectivity index (χ4n) is 19.6. The Morgan fingerprint density at radius 1 is 0.250 bits per heavy atom. The highest BCUT2D eigenvalue weighted by molar-refractivity contribution is 5.79. The highest BCUT2D eigenvalue weighted by Crippen LogP contribution is 2.54. The van der Waals surface area contributed by atoms with Crippen molar-refractivity contribution in [3.05, 3.63) is 157 Å². The Kier molecular flexibility index (Phi) is 46.1. The number of carboxylic acids is 5. The van der Waals surface area contributed by atoms with Gasteiger partial charge >= 0.3 is 29.8 Å². The first kappa shape index (κ1) is 114. The van der Waals surface area contributed by atoms with E-state index in [1.165, 1.54) is 166 Å². The van der Waals surface area contributed by atoms with Gasteiger partial charge in [-0.1, -0.05) is 272 Å². The zero-order valence-corrected chi connectivity index (χ0v) is 87.0. The minimum Gasteiger partial charge on any atom is -0.508 e. The highest BCUT2D eigenvalue weighted by atomic mass is 16.4. The first-order chi connectivity index (χ1) is 62.0. The second-order valence-corrected chi connectivity index (χ2v) is 48.2. The zero-order valence-electron chi connectivity index (χ0n) is 87.0. The summed E-state index contributed by atoms with van der Waals surface area (Å²) in [6.45, 7) is 43.4. The number of aromatic hydroxyl groups is 3. The summed E-state index contributed by atoms with van der Waals surface area (Å²) in [5.74, 6) is -2.58. The minimum atomic E-state index is -0.648. The molecule has 5 fully saturated rings. The molecule has 5 aliphatic carbocycles. The average molecular weight is 1830 g/mol. The standard InChI is InChI=1S/C25H40O2.2C24H38O2.C23H36O4.C23H36O3/c1-19-13-14-21(11-8-10-15-24(3,4)5)22(20(19)2)12-7-6-9-16-25(17-18-25)23(26)27;1-19-11-10-13-20(21(19)14-7-9-15-23(2,3)4)12-6-5-8-16-24(17-18-24)22(25)26;1-19-12-13-20(21(18-19)11-7-9-14-23(2,3)4)10-6-5-8-15-24(16-17-24)22(25)26;1-22(2,3)13-8-6-9-17-11-12-19(24)20(25)18(17)10-5-4-7-14-23(15-16-23)21(26)27;1-22(2,3)14-8-6-12-19-18(11-9-13-20(19)24)10-5-4-7-15-23(16-17-23)21(25)26/h13-14H,6-12,15-18H2,1-5H3,(H,26,27);10-11,13H,5-9,12,14-18H2,1-4H3,(H,25,26);12-13,18H,5-11,14-17H2,1-4H3,(H,25,26);11-12,24-25H,4-10,13-16H2,1-3H3,(H,26,27);9,11,13,24H,4-8,10,12,14-17H2,1-3H3,(H,25,26). The van der Waals surface area contributed by atoms with Crippen molar-refractivity contribution >= 4 is 29.8 Å². The van der Waals surface area contributed by atoms with Crippen molar-refractivity contribution in [2.75, 3.05) is 0 Å². The van der Waals surface area contributed by atoms with E-state index < -0.39 is 35.3 Å². The van der Waals surface area contributed by atoms with Crippen molar-refractivity contribution in [2.45, 2.75) is 485 Å². The maximum absolute atomic E-state index is 11.3. The van der Waals surface area contributed by atoms with E-state index in [9.17, 15) is 64.8 Å². The van der Waals surface area contributed by atoms with Crippen LogP contribution in [0.1, 0.15) is 471 Å². The maximum Gasteiger partial charge on any atom is 0.309 e. The van der Waals surface area contributed by atoms with Gasteiger partial charge in [-0.25, -0.2) is 0 Å². The molecule has 0 spiro atoms. The normalized spacial score (nSPS) is 15.8. The Bertz CT molecular complexity index is 4100. The van der Waals surface area contributed by atoms with Crippen molar-refractivity contribution in [3.63, 3.8) is 0 Å². The summed E-state index contributed by atoms with van der Waals surface area (Å²) in [7, 11) is 0. The first-order valence-electron chi connectivity index (χ1n) is 52.7. The Morgan fingerprint density at radius 3 is 0.864 bits per heavy atom. The van der Waals surface area contributed by atoms with Gasteiger partial charge in [0.1, 0.15) is 5.75 Å². The van der Waals surface area contributed by atoms with E-state index >= 15 is 0 Å². The van der Waals surface area contributed by atoms with E-state index in [1.807, 2.05) is 12.1 Å². The van der Waals surface area contributed by atoms with Crippen molar-refractivity contribution in [2.24, 2.45) is 54.1 Å². The highest BCUT2D eigenvalue weighted by Gasteiger charge is 2.52. The molecule has 13 nitrogen and oxygen atoms in total. The van der Waals surface area contributed by atoms with Gasteiger partial charge < -0.3 is 40.9 Å². The zero-order chi connectivity index (χ0) is 97.8. The van der Waals surface area contributed by atoms with Gasteiger partial charge in [0.05, 0.1) is 27.1 Å². The van der Waals surface area contributed by atoms with Crippen molar-refractivity contribution < 1.29 is 64.8 Å². The molecule has 0 aromatic heterocycles. The number of carbonyl (C=O) groups is 5. The number of benzene rings is 5. The van der Waals surface area contributed by atoms with Gasteiger partial charge in [0.25, 0.3) is 0 Å². The van der Waals surface area contributed by atoms with E-state index in [-0.39, 0.29) is 33.2 Å². The second kappa shape index (κ2) is 53.5. The SMILES string of the molecule is CC(C)(C)CCCCc1c(O)cccc1CCCCCC1(C(=O)O)CC1.CC(C)(C)CCCCc1ccc(O)c(O)c1CCCCCC1(C(=O)O)CC1.Cc1ccc(CCCCC(C)(C)C)c(CCCCCC2(C(=O)O)CC2)c1C.Cc1ccc(CCCCCC2(C(=O)O)CC2)c(CCCCC(C)(C)C)c1.Cc1cccc(CCCCCC2(C(=O)O)CC2)c1CCCCC(C)(C)C. The molecule has 0 aliphatic heterocycles. The monoisotopic (exact) mass is 1830 g/mol. The van der Waals surface area contributed by atoms with Crippen LogP contribution in [0.5, 0.6) is 17.2 Å². The molecule has 8 N–H and O–H groups in total. The molecule has 0 unspecified atom stereocenters. The second-order valence-electron chi connectivity index (χ2n) is 48.2. The number of phenols is 3. The summed E-state index contributed by atoms with van der Waals surface area (Å²) in [6, 6.07) is 27.7. The quantitative estimate of drug-likeness (QED) is 0.0133. The Hall–Kier alpha value is -7.15. The lowest BCUT2D eigenvalue weighted by atomic mass is 9.87. The molecule has 5 aliphatic rings. The molecule has 0 amide bonds. The van der Waals surface area contributed by atoms with E-state index in [2.05, 4.69) is 186 Å². The van der Waals surface area contributed by atoms with E-state index in [0.29, 0.717) is 32.8 Å². The van der Waals surface area contributed by atoms with E-state index in [4.69, 9.17) is 0 Å². The van der Waals surface area contributed by atoms with Gasteiger partial charge in [-0.05, 0) is 390 Å². The molecule has 0 saturated heterocycles. The first-order valence-corrected chi connectivity index (χ1v) is 52.7. The third-order valence-corrected chi connectivity index (χ3v) is 30.0. The number of aryl methyl sites for hydroxylation is 9. The van der Waals surface area contributed by atoms with Crippen LogP contribution >= 0.6 is 0 Å². The van der Waals surface area contributed by atoms with Gasteiger partial charge in [0.2, 0.25) is 0 Å². The Morgan fingerprint density at radius 2 is 0.515 bits per heavy atom. The fraction of sp³-hybridized carbons (Fsp3) is 0.706. The largest absolute Gasteiger partial charge is 0.508 e. The third-order valence-electron chi connectivity index (χ3n) is 30.0. The number of carboxylic acid groups (broad SMARTS) is 5. The molecule has 0 radical (unpaired) electrons. The van der Waals surface area contributed by atoms with Crippen LogP contribution in [0, 0.1) is 81.8 Å². The van der Waals surface area contributed by atoms with Gasteiger partial charge in [-0.2, -0.15) is 0 Å². The third kappa shape index (κ3) is 42.2. The van der Waals surface area contributed by atoms with Gasteiger partial charge in [-0.15, -0.1) is 0 Å². The molecule has 5 saturated carbocycles. The summed E-state index contributed by atoms with van der Waals surface area (Å²) >= 11 is 0. The number of rotatable bonds is 55. The molecule has 10 rings (SSSR count). The number of hydrogen-bond acceptors (Lipinski definition) is 8. The van der Waals surface area contributed by atoms with Crippen LogP contribution in [0.15, 0.2) is 78.9 Å². The van der Waals surface area contributed by atoms with Crippen LogP contribution in [0.3, 0.4) is 0 Å². The van der Waals surface area contributed by atoms with Crippen LogP contribution in [0.25, 0.3) is 0 Å². The number of unbranched alkanes of at least 4 members (excludes halogenated alkanes) is 15. The predicted octanol–water partition coefficient (Wildman–Crippen LogP) is 32.4. The van der Waals surface area contributed by atoms with Gasteiger partial charge in [-0.3, -0.25) is 24.0 Å². The van der Waals surface area contributed by atoms with Crippen LogP contribution in [0.2, 0.25) is 0 Å². The van der Waals surface area contributed by atoms with Crippen LogP contribution in [-0.2, 0) is 88.2 Å². The van der Waals surface area contributed by atoms with Crippen LogP contribution in [0.4, 0.5) is 0 Å². The van der Waals surface area contributed by atoms with Gasteiger partial charge in [0, 0.05) is 5.56 Å². The van der Waals surface area contributed by atoms with E-state index in [0.717, 1.165) is 254 Å². The predicted molar refractivity (Wildman–Crippen MR) is 549 cm³/mol. The van der Waals surface area contributed by atoms with Crippen molar-refractivity contribution in [3.8, 4) is 17.2 Å². The van der Waals surface area contributed by atoms with E-state index in [1.54, 1.807) is 23.3 Å². The molecule has 0 heterocycles. The van der Waals surface area contributed by atoms with Crippen LogP contribution in [-0.4, -0.2) is 70.7 Å². The number of phenolic OH excluding ortho intramolecular Hbond substituents is 3. The Labute approximate surface area is 802 Å². The fourth-order valence-corrected chi connectivity index (χ4v) is 19.6. The summed E-state index contributed by atoms with van der Waals surface area (Å²) in [5.41, 5.74) is 19.4. The molecule has 5 aromatic rings. The smallest absolute Gasteiger partial charge is 0.309 e. The molecule has 132 heavy (non-hydrogen) atoms. The number of hydrogen-bond donors (Lipinski definition) is 8. The molecular formula is C119H188O13. The topological polar surface area (TPSA) is 247 Å². The lowest BCUT2D eigenvalue weighted by molar-refractivity contribution is -0.144. The lowest BCUT2D eigenvalue weighted by Crippen LogP contribution is -2.14. The van der Waals surface area contributed by atoms with Crippen molar-refractivity contribution in [1.29, 1.82) is 0 Å².